The number of nitrogens with zero attached hydrogens (tertiary/aromatic N) is 2. The predicted octanol–water partition coefficient (Wildman–Crippen LogP) is 5.35. The molecule has 0 amide bonds. The van der Waals surface area contributed by atoms with Crippen molar-refractivity contribution in [2.75, 3.05) is 7.11 Å². The summed E-state index contributed by atoms with van der Waals surface area (Å²) in [5, 5.41) is 0. The lowest BCUT2D eigenvalue weighted by atomic mass is 9.83. The highest BCUT2D eigenvalue weighted by Gasteiger charge is 2.25. The molecule has 0 radical (unpaired) electrons. The maximum atomic E-state index is 13.5. The first-order chi connectivity index (χ1) is 14.2. The molecule has 1 heterocycles. The number of Topliss-reactive ketones (excluding diaryl/α,β-unsaturated/α-hetero) is 1. The summed E-state index contributed by atoms with van der Waals surface area (Å²) in [4.78, 5) is 18.0. The molecule has 4 nitrogen and oxygen atoms in total. The van der Waals surface area contributed by atoms with E-state index in [0.29, 0.717) is 6.54 Å². The summed E-state index contributed by atoms with van der Waals surface area (Å²) in [5.74, 6) is 1.10. The van der Waals surface area contributed by atoms with Gasteiger partial charge in [-0.25, -0.2) is 4.98 Å². The molecule has 150 valence electrons. The Morgan fingerprint density at radius 1 is 1.10 bits per heavy atom. The van der Waals surface area contributed by atoms with Gasteiger partial charge in [0.25, 0.3) is 0 Å². The van der Waals surface area contributed by atoms with Crippen molar-refractivity contribution >= 4 is 5.78 Å². The van der Waals surface area contributed by atoms with E-state index in [1.807, 2.05) is 47.4 Å². The van der Waals surface area contributed by atoms with Crippen molar-refractivity contribution in [1.29, 1.82) is 0 Å². The minimum atomic E-state index is -0.0627. The molecule has 4 rings (SSSR count). The molecule has 4 heteroatoms. The molecule has 0 aliphatic heterocycles. The Morgan fingerprint density at radius 2 is 1.86 bits per heavy atom. The van der Waals surface area contributed by atoms with Crippen molar-refractivity contribution < 1.29 is 9.53 Å². The highest BCUT2D eigenvalue weighted by atomic mass is 16.5. The van der Waals surface area contributed by atoms with E-state index in [-0.39, 0.29) is 11.7 Å². The average Bonchev–Trinajstić information content (AvgIpc) is 3.25. The topological polar surface area (TPSA) is 44.1 Å². The Labute approximate surface area is 172 Å². The number of methoxy groups -OCH3 is 1. The number of imidazole rings is 1. The number of rotatable bonds is 7. The highest BCUT2D eigenvalue weighted by Crippen LogP contribution is 2.33. The van der Waals surface area contributed by atoms with E-state index in [1.165, 1.54) is 11.1 Å². The fourth-order valence-electron chi connectivity index (χ4n) is 4.35. The number of fused-ring (bicyclic) bond motifs is 1. The Balaban J connectivity index is 1.57. The van der Waals surface area contributed by atoms with Crippen molar-refractivity contribution in [2.45, 2.75) is 45.6 Å². The fraction of sp³-hybridized carbons (Fsp3) is 0.360. The molecule has 1 aliphatic carbocycles. The van der Waals surface area contributed by atoms with Crippen LogP contribution in [0.25, 0.3) is 11.3 Å². The Morgan fingerprint density at radius 3 is 2.59 bits per heavy atom. The summed E-state index contributed by atoms with van der Waals surface area (Å²) in [6.07, 6.45) is 8.94. The number of aromatic nitrogens is 2. The van der Waals surface area contributed by atoms with Gasteiger partial charge in [0, 0.05) is 29.8 Å². The van der Waals surface area contributed by atoms with E-state index < -0.39 is 0 Å². The second-order valence-electron chi connectivity index (χ2n) is 7.77. The first-order valence-electron chi connectivity index (χ1n) is 10.5. The molecular weight excluding hydrogens is 360 g/mol. The lowest BCUT2D eigenvalue weighted by Crippen LogP contribution is -2.22. The number of ketones is 1. The molecule has 0 fully saturated rings. The lowest BCUT2D eigenvalue weighted by molar-refractivity contribution is 0.0902. The summed E-state index contributed by atoms with van der Waals surface area (Å²) in [5.41, 5.74) is 5.35. The molecule has 29 heavy (non-hydrogen) atoms. The van der Waals surface area contributed by atoms with Crippen molar-refractivity contribution in [3.63, 3.8) is 0 Å². The van der Waals surface area contributed by atoms with Gasteiger partial charge in [0.2, 0.25) is 0 Å². The summed E-state index contributed by atoms with van der Waals surface area (Å²) >= 11 is 0. The molecule has 0 spiro atoms. The van der Waals surface area contributed by atoms with Crippen molar-refractivity contribution in [2.24, 2.45) is 5.92 Å². The zero-order valence-electron chi connectivity index (χ0n) is 17.2. The van der Waals surface area contributed by atoms with Gasteiger partial charge in [-0.05, 0) is 55.4 Å². The second-order valence-corrected chi connectivity index (χ2v) is 7.77. The van der Waals surface area contributed by atoms with Crippen LogP contribution in [0.3, 0.4) is 0 Å². The van der Waals surface area contributed by atoms with Crippen molar-refractivity contribution in [1.82, 2.24) is 9.55 Å². The first kappa shape index (κ1) is 19.4. The van der Waals surface area contributed by atoms with Gasteiger partial charge in [-0.1, -0.05) is 37.3 Å². The standard InChI is InChI=1S/C25H28N2O2/c1-3-18(15-27-16-23(26-17-27)19-9-5-4-6-10-19)25(28)22-13-14-24(29-2)21-12-8-7-11-20(21)22/h4-6,9-10,13-14,16-18H,3,7-8,11-12,15H2,1-2H3. The third kappa shape index (κ3) is 3.98. The van der Waals surface area contributed by atoms with E-state index in [9.17, 15) is 4.79 Å². The van der Waals surface area contributed by atoms with Crippen LogP contribution in [0.2, 0.25) is 0 Å². The van der Waals surface area contributed by atoms with Gasteiger partial charge < -0.3 is 9.30 Å². The molecule has 1 unspecified atom stereocenters. The van der Waals surface area contributed by atoms with E-state index in [4.69, 9.17) is 4.74 Å². The second kappa shape index (κ2) is 8.64. The van der Waals surface area contributed by atoms with Crippen LogP contribution in [0.4, 0.5) is 0 Å². The molecule has 3 aromatic rings. The monoisotopic (exact) mass is 388 g/mol. The van der Waals surface area contributed by atoms with Crippen LogP contribution in [0.1, 0.15) is 47.7 Å². The van der Waals surface area contributed by atoms with Crippen LogP contribution in [0.5, 0.6) is 5.75 Å². The number of ether oxygens (including phenoxy) is 1. The first-order valence-corrected chi connectivity index (χ1v) is 10.5. The molecule has 1 aliphatic rings. The van der Waals surface area contributed by atoms with Crippen LogP contribution >= 0.6 is 0 Å². The average molecular weight is 389 g/mol. The number of hydrogen-bond donors (Lipinski definition) is 0. The van der Waals surface area contributed by atoms with E-state index in [1.54, 1.807) is 7.11 Å². The van der Waals surface area contributed by atoms with Gasteiger partial charge >= 0.3 is 0 Å². The number of carbonyl (C=O) groups is 1. The van der Waals surface area contributed by atoms with Crippen LogP contribution < -0.4 is 4.74 Å². The Bertz CT molecular complexity index is 991. The summed E-state index contributed by atoms with van der Waals surface area (Å²) in [6, 6.07) is 14.1. The summed E-state index contributed by atoms with van der Waals surface area (Å²) < 4.78 is 7.60. The number of benzene rings is 2. The van der Waals surface area contributed by atoms with Crippen molar-refractivity contribution in [3.05, 3.63) is 71.7 Å². The van der Waals surface area contributed by atoms with E-state index in [2.05, 4.69) is 24.0 Å². The summed E-state index contributed by atoms with van der Waals surface area (Å²) in [7, 11) is 1.71. The van der Waals surface area contributed by atoms with Gasteiger partial charge in [0.15, 0.2) is 5.78 Å². The minimum Gasteiger partial charge on any atom is -0.496 e. The molecular formula is C25H28N2O2. The molecule has 0 saturated heterocycles. The third-order valence-corrected chi connectivity index (χ3v) is 5.97. The maximum Gasteiger partial charge on any atom is 0.168 e. The minimum absolute atomic E-state index is 0.0627. The summed E-state index contributed by atoms with van der Waals surface area (Å²) in [6.45, 7) is 2.74. The largest absolute Gasteiger partial charge is 0.496 e. The zero-order valence-corrected chi connectivity index (χ0v) is 17.2. The van der Waals surface area contributed by atoms with Crippen molar-refractivity contribution in [3.8, 4) is 17.0 Å². The Kier molecular flexibility index (Phi) is 5.79. The highest BCUT2D eigenvalue weighted by molar-refractivity contribution is 5.99. The van der Waals surface area contributed by atoms with Crippen LogP contribution in [0.15, 0.2) is 55.0 Å². The maximum absolute atomic E-state index is 13.5. The van der Waals surface area contributed by atoms with Gasteiger partial charge in [-0.2, -0.15) is 0 Å². The molecule has 1 atom stereocenters. The number of hydrogen-bond acceptors (Lipinski definition) is 3. The van der Waals surface area contributed by atoms with Gasteiger partial charge in [0.1, 0.15) is 5.75 Å². The smallest absolute Gasteiger partial charge is 0.168 e. The van der Waals surface area contributed by atoms with Crippen LogP contribution in [0, 0.1) is 5.92 Å². The SMILES string of the molecule is CCC(Cn1cnc(-c2ccccc2)c1)C(=O)c1ccc(OC)c2c1CCCC2. The molecule has 0 saturated carbocycles. The van der Waals surface area contributed by atoms with E-state index in [0.717, 1.165) is 54.7 Å². The quantitative estimate of drug-likeness (QED) is 0.513. The molecule has 0 bridgehead atoms. The normalized spacial score (nSPS) is 14.3. The van der Waals surface area contributed by atoms with E-state index >= 15 is 0 Å². The molecule has 0 N–H and O–H groups in total. The molecule has 1 aromatic heterocycles. The van der Waals surface area contributed by atoms with Gasteiger partial charge in [0.05, 0.1) is 19.1 Å². The number of carbonyl (C=O) groups excluding carboxylic acids is 1. The lowest BCUT2D eigenvalue weighted by Gasteiger charge is -2.23. The zero-order chi connectivity index (χ0) is 20.2. The molecule has 2 aromatic carbocycles. The van der Waals surface area contributed by atoms with Crippen LogP contribution in [-0.2, 0) is 19.4 Å². The third-order valence-electron chi connectivity index (χ3n) is 5.97. The van der Waals surface area contributed by atoms with Gasteiger partial charge in [-0.15, -0.1) is 0 Å². The van der Waals surface area contributed by atoms with Gasteiger partial charge in [-0.3, -0.25) is 4.79 Å². The Hall–Kier alpha value is -2.88. The predicted molar refractivity (Wildman–Crippen MR) is 115 cm³/mol. The van der Waals surface area contributed by atoms with Crippen LogP contribution in [-0.4, -0.2) is 22.4 Å². The fourth-order valence-corrected chi connectivity index (χ4v) is 4.35.